The summed E-state index contributed by atoms with van der Waals surface area (Å²) in [5.41, 5.74) is 8.16. The zero-order valence-electron chi connectivity index (χ0n) is 25.0. The fourth-order valence-electron chi connectivity index (χ4n) is 6.24. The Bertz CT molecular complexity index is 1160. The van der Waals surface area contributed by atoms with E-state index in [1.54, 1.807) is 13.2 Å². The Morgan fingerprint density at radius 2 is 1.68 bits per heavy atom. The lowest BCUT2D eigenvalue weighted by Crippen LogP contribution is -2.51. The maximum absolute atomic E-state index is 14.0. The number of carbonyl (C=O) groups is 1. The first-order valence-electron chi connectivity index (χ1n) is 14.8. The van der Waals surface area contributed by atoms with E-state index in [9.17, 15) is 18.0 Å². The lowest BCUT2D eigenvalue weighted by molar-refractivity contribution is -0.138. The molecule has 4 atom stereocenters. The van der Waals surface area contributed by atoms with Crippen LogP contribution >= 0.6 is 0 Å². The molecule has 2 N–H and O–H groups in total. The van der Waals surface area contributed by atoms with Gasteiger partial charge in [-0.05, 0) is 67.1 Å². The number of hydrogen-bond acceptors (Lipinski definition) is 5. The van der Waals surface area contributed by atoms with Crippen molar-refractivity contribution in [1.29, 1.82) is 0 Å². The monoisotopic (exact) mass is 574 g/mol. The lowest BCUT2D eigenvalue weighted by Gasteiger charge is -2.39. The number of amides is 1. The third-order valence-corrected chi connectivity index (χ3v) is 8.84. The van der Waals surface area contributed by atoms with Gasteiger partial charge in [0.1, 0.15) is 5.75 Å². The molecule has 0 bridgehead atoms. The van der Waals surface area contributed by atoms with Gasteiger partial charge in [-0.3, -0.25) is 9.69 Å². The van der Waals surface area contributed by atoms with Crippen molar-refractivity contribution in [2.24, 2.45) is 17.6 Å². The third kappa shape index (κ3) is 7.17. The van der Waals surface area contributed by atoms with Gasteiger partial charge in [0, 0.05) is 63.0 Å². The van der Waals surface area contributed by atoms with Crippen LogP contribution in [0.1, 0.15) is 69.2 Å². The van der Waals surface area contributed by atoms with Crippen LogP contribution in [0.4, 0.5) is 18.9 Å². The number of rotatable bonds is 9. The van der Waals surface area contributed by atoms with E-state index < -0.39 is 17.8 Å². The molecule has 2 aromatic carbocycles. The minimum Gasteiger partial charge on any atom is -0.497 e. The molecule has 2 heterocycles. The number of nitrogens with zero attached hydrogens (tertiary/aromatic N) is 3. The highest BCUT2D eigenvalue weighted by Gasteiger charge is 2.42. The maximum Gasteiger partial charge on any atom is 0.416 e. The highest BCUT2D eigenvalue weighted by molar-refractivity contribution is 5.81. The second-order valence-corrected chi connectivity index (χ2v) is 12.0. The van der Waals surface area contributed by atoms with Crippen molar-refractivity contribution in [2.75, 3.05) is 51.3 Å². The fraction of sp³-hybridized carbons (Fsp3) is 0.594. The molecule has 0 spiro atoms. The lowest BCUT2D eigenvalue weighted by atomic mass is 9.87. The molecule has 226 valence electrons. The van der Waals surface area contributed by atoms with Crippen molar-refractivity contribution in [3.8, 4) is 5.75 Å². The van der Waals surface area contributed by atoms with Gasteiger partial charge in [0.2, 0.25) is 5.91 Å². The third-order valence-electron chi connectivity index (χ3n) is 8.84. The van der Waals surface area contributed by atoms with Crippen LogP contribution in [0.3, 0.4) is 0 Å². The smallest absolute Gasteiger partial charge is 0.416 e. The number of halogens is 3. The summed E-state index contributed by atoms with van der Waals surface area (Å²) in [6.45, 7) is 12.1. The summed E-state index contributed by atoms with van der Waals surface area (Å²) in [6.07, 6.45) is -2.82. The van der Waals surface area contributed by atoms with Gasteiger partial charge in [-0.15, -0.1) is 0 Å². The van der Waals surface area contributed by atoms with Crippen LogP contribution < -0.4 is 15.4 Å². The van der Waals surface area contributed by atoms with Crippen LogP contribution in [0.25, 0.3) is 0 Å². The van der Waals surface area contributed by atoms with Crippen molar-refractivity contribution in [3.63, 3.8) is 0 Å². The summed E-state index contributed by atoms with van der Waals surface area (Å²) in [4.78, 5) is 20.4. The molecule has 0 radical (unpaired) electrons. The minimum atomic E-state index is -4.43. The Balaban J connectivity index is 1.51. The van der Waals surface area contributed by atoms with Crippen molar-refractivity contribution < 1.29 is 22.7 Å². The number of ether oxygens (including phenoxy) is 1. The van der Waals surface area contributed by atoms with Crippen LogP contribution in [0.15, 0.2) is 42.5 Å². The Morgan fingerprint density at radius 1 is 1.02 bits per heavy atom. The number of carbonyl (C=O) groups excluding carboxylic acids is 1. The Hall–Kier alpha value is -2.78. The molecule has 9 heteroatoms. The van der Waals surface area contributed by atoms with Crippen molar-refractivity contribution in [1.82, 2.24) is 9.80 Å². The zero-order valence-corrected chi connectivity index (χ0v) is 25.0. The van der Waals surface area contributed by atoms with Crippen molar-refractivity contribution >= 4 is 11.6 Å². The number of anilines is 1. The Kier molecular flexibility index (Phi) is 9.90. The summed E-state index contributed by atoms with van der Waals surface area (Å²) in [7, 11) is 1.65. The summed E-state index contributed by atoms with van der Waals surface area (Å²) in [5.74, 6) is 1.14. The molecule has 0 saturated carbocycles. The van der Waals surface area contributed by atoms with Crippen molar-refractivity contribution in [3.05, 3.63) is 59.2 Å². The Labute approximate surface area is 242 Å². The molecule has 41 heavy (non-hydrogen) atoms. The van der Waals surface area contributed by atoms with Gasteiger partial charge in [0.05, 0.1) is 18.6 Å². The SMILES string of the molecule is CCC(C)N1CC(C(=O)N2CCN(c3ccc(C(F)(F)F)cc3[C@@H](N)CC(C)C)CC2)C(c2ccc(OC)cc2)C1. The first-order chi connectivity index (χ1) is 19.4. The number of hydrogen-bond donors (Lipinski definition) is 1. The van der Waals surface area contributed by atoms with Gasteiger partial charge in [0.15, 0.2) is 0 Å². The second-order valence-electron chi connectivity index (χ2n) is 12.0. The zero-order chi connectivity index (χ0) is 29.9. The molecule has 0 aliphatic carbocycles. The molecule has 6 nitrogen and oxygen atoms in total. The van der Waals surface area contributed by atoms with E-state index >= 15 is 0 Å². The summed E-state index contributed by atoms with van der Waals surface area (Å²) >= 11 is 0. The number of likely N-dealkylation sites (tertiary alicyclic amines) is 1. The number of benzene rings is 2. The number of methoxy groups -OCH3 is 1. The first kappa shape index (κ1) is 31.2. The van der Waals surface area contributed by atoms with Crippen LogP contribution in [0.5, 0.6) is 5.75 Å². The number of nitrogens with two attached hydrogens (primary N) is 1. The molecule has 0 aromatic heterocycles. The summed E-state index contributed by atoms with van der Waals surface area (Å²) in [5, 5.41) is 0. The molecule has 3 unspecified atom stereocenters. The van der Waals surface area contributed by atoms with Crippen LogP contribution in [-0.4, -0.2) is 68.1 Å². The highest BCUT2D eigenvalue weighted by atomic mass is 19.4. The molecule has 1 amide bonds. The van der Waals surface area contributed by atoms with E-state index in [2.05, 4.69) is 35.8 Å². The topological polar surface area (TPSA) is 62.0 Å². The first-order valence-corrected chi connectivity index (χ1v) is 14.8. The van der Waals surface area contributed by atoms with E-state index in [4.69, 9.17) is 10.5 Å². The van der Waals surface area contributed by atoms with E-state index in [0.717, 1.165) is 42.6 Å². The highest BCUT2D eigenvalue weighted by Crippen LogP contribution is 2.38. The van der Waals surface area contributed by atoms with E-state index in [0.29, 0.717) is 44.2 Å². The van der Waals surface area contributed by atoms with Gasteiger partial charge in [-0.25, -0.2) is 0 Å². The molecule has 2 aliphatic heterocycles. The average molecular weight is 575 g/mol. The van der Waals surface area contributed by atoms with Crippen LogP contribution in [0, 0.1) is 11.8 Å². The van der Waals surface area contributed by atoms with Crippen LogP contribution in [-0.2, 0) is 11.0 Å². The van der Waals surface area contributed by atoms with E-state index in [1.807, 2.05) is 30.9 Å². The van der Waals surface area contributed by atoms with Crippen LogP contribution in [0.2, 0.25) is 0 Å². The summed E-state index contributed by atoms with van der Waals surface area (Å²) < 4.78 is 46.0. The molecule has 2 aromatic rings. The molecule has 4 rings (SSSR count). The quantitative estimate of drug-likeness (QED) is 0.403. The maximum atomic E-state index is 14.0. The largest absolute Gasteiger partial charge is 0.497 e. The molecule has 2 fully saturated rings. The standard InChI is InChI=1S/C32H45F3N4O2/c1-6-22(4)39-19-27(23-7-10-25(41-5)11-8-23)28(20-39)31(40)38-15-13-37(14-16-38)30-12-9-24(32(33,34)35)18-26(30)29(36)17-21(2)3/h7-12,18,21-22,27-29H,6,13-17,19-20,36H2,1-5H3/t22?,27?,28?,29-/m0/s1. The molecular weight excluding hydrogens is 529 g/mol. The number of piperazine rings is 1. The molecule has 2 aliphatic rings. The fourth-order valence-corrected chi connectivity index (χ4v) is 6.24. The van der Waals surface area contributed by atoms with Gasteiger partial charge >= 0.3 is 6.18 Å². The predicted molar refractivity (Wildman–Crippen MR) is 157 cm³/mol. The average Bonchev–Trinajstić information content (AvgIpc) is 3.41. The number of alkyl halides is 3. The summed E-state index contributed by atoms with van der Waals surface area (Å²) in [6, 6.07) is 11.8. The molecular formula is C32H45F3N4O2. The van der Waals surface area contributed by atoms with Gasteiger partial charge in [-0.2, -0.15) is 13.2 Å². The van der Waals surface area contributed by atoms with Crippen molar-refractivity contribution in [2.45, 2.75) is 64.7 Å². The second kappa shape index (κ2) is 13.0. The normalized spacial score (nSPS) is 21.8. The van der Waals surface area contributed by atoms with E-state index in [1.165, 1.54) is 6.07 Å². The van der Waals surface area contributed by atoms with Gasteiger partial charge in [-0.1, -0.05) is 32.9 Å². The minimum absolute atomic E-state index is 0.0935. The van der Waals surface area contributed by atoms with Gasteiger partial charge in [0.25, 0.3) is 0 Å². The van der Waals surface area contributed by atoms with Gasteiger partial charge < -0.3 is 20.3 Å². The Morgan fingerprint density at radius 3 is 2.24 bits per heavy atom. The molecule has 2 saturated heterocycles. The van der Waals surface area contributed by atoms with E-state index in [-0.39, 0.29) is 23.7 Å². The predicted octanol–water partition coefficient (Wildman–Crippen LogP) is 5.92.